The van der Waals surface area contributed by atoms with E-state index in [2.05, 4.69) is 24.0 Å². The molecule has 0 fully saturated rings. The predicted octanol–water partition coefficient (Wildman–Crippen LogP) is 4.37. The van der Waals surface area contributed by atoms with Crippen molar-refractivity contribution in [2.45, 2.75) is 13.3 Å². The highest BCUT2D eigenvalue weighted by atomic mass is 35.5. The molecule has 0 saturated heterocycles. The fraction of sp³-hybridized carbons (Fsp3) is 0.100. The molecule has 0 radical (unpaired) electrons. The van der Waals surface area contributed by atoms with Gasteiger partial charge in [0.1, 0.15) is 0 Å². The zero-order valence-corrected chi connectivity index (χ0v) is 14.4. The standard InChI is InChI=1S/C20H16ClN3O/c1-2-14-6-8-15(9-7-14)18-13-23-10-11-24(20(25)19(23)22-18)17-5-3-4-16(21)12-17/h3-13H,2H2,1H3. The van der Waals surface area contributed by atoms with Gasteiger partial charge in [0.05, 0.1) is 11.4 Å². The van der Waals surface area contributed by atoms with Crippen LogP contribution in [0.3, 0.4) is 0 Å². The highest BCUT2D eigenvalue weighted by Crippen LogP contribution is 2.19. The van der Waals surface area contributed by atoms with Gasteiger partial charge in [-0.25, -0.2) is 4.98 Å². The normalized spacial score (nSPS) is 11.1. The van der Waals surface area contributed by atoms with Crippen molar-refractivity contribution in [3.63, 3.8) is 0 Å². The largest absolute Gasteiger partial charge is 0.300 e. The summed E-state index contributed by atoms with van der Waals surface area (Å²) < 4.78 is 3.31. The van der Waals surface area contributed by atoms with Gasteiger partial charge < -0.3 is 4.40 Å². The van der Waals surface area contributed by atoms with E-state index in [0.29, 0.717) is 10.7 Å². The highest BCUT2D eigenvalue weighted by molar-refractivity contribution is 6.30. The first-order chi connectivity index (χ1) is 12.2. The van der Waals surface area contributed by atoms with E-state index >= 15 is 0 Å². The number of nitrogens with zero attached hydrogens (tertiary/aromatic N) is 3. The lowest BCUT2D eigenvalue weighted by atomic mass is 10.1. The van der Waals surface area contributed by atoms with Crippen molar-refractivity contribution in [1.82, 2.24) is 14.0 Å². The summed E-state index contributed by atoms with van der Waals surface area (Å²) in [6.07, 6.45) is 6.43. The summed E-state index contributed by atoms with van der Waals surface area (Å²) in [6, 6.07) is 15.5. The van der Waals surface area contributed by atoms with Crippen LogP contribution in [0.25, 0.3) is 22.6 Å². The summed E-state index contributed by atoms with van der Waals surface area (Å²) >= 11 is 6.04. The third-order valence-corrected chi connectivity index (χ3v) is 4.50. The Morgan fingerprint density at radius 3 is 2.60 bits per heavy atom. The van der Waals surface area contributed by atoms with Gasteiger partial charge in [-0.2, -0.15) is 0 Å². The van der Waals surface area contributed by atoms with Crippen LogP contribution in [-0.2, 0) is 6.42 Å². The summed E-state index contributed by atoms with van der Waals surface area (Å²) in [5, 5.41) is 0.587. The molecule has 0 unspecified atom stereocenters. The Morgan fingerprint density at radius 1 is 1.08 bits per heavy atom. The number of aromatic nitrogens is 3. The summed E-state index contributed by atoms with van der Waals surface area (Å²) in [5.41, 5.74) is 3.98. The van der Waals surface area contributed by atoms with Crippen LogP contribution < -0.4 is 5.56 Å². The average molecular weight is 350 g/mol. The average Bonchev–Trinajstić information content (AvgIpc) is 3.07. The zero-order chi connectivity index (χ0) is 17.4. The number of halogens is 1. The lowest BCUT2D eigenvalue weighted by Crippen LogP contribution is -2.19. The lowest BCUT2D eigenvalue weighted by molar-refractivity contribution is 0.950. The first kappa shape index (κ1) is 15.7. The first-order valence-corrected chi connectivity index (χ1v) is 8.49. The van der Waals surface area contributed by atoms with E-state index < -0.39 is 0 Å². The minimum Gasteiger partial charge on any atom is -0.300 e. The molecule has 4 aromatic rings. The van der Waals surface area contributed by atoms with Crippen LogP contribution in [0.4, 0.5) is 0 Å². The van der Waals surface area contributed by atoms with Crippen molar-refractivity contribution in [2.24, 2.45) is 0 Å². The van der Waals surface area contributed by atoms with Gasteiger partial charge in [0.15, 0.2) is 0 Å². The molecule has 2 aromatic carbocycles. The van der Waals surface area contributed by atoms with E-state index in [1.54, 1.807) is 27.3 Å². The molecule has 0 aliphatic carbocycles. The third kappa shape index (κ3) is 2.85. The Balaban J connectivity index is 1.83. The monoisotopic (exact) mass is 349 g/mol. The Kier molecular flexibility index (Phi) is 3.90. The van der Waals surface area contributed by atoms with Gasteiger partial charge in [-0.05, 0) is 30.2 Å². The number of rotatable bonds is 3. The molecule has 124 valence electrons. The second kappa shape index (κ2) is 6.22. The second-order valence-corrected chi connectivity index (χ2v) is 6.30. The second-order valence-electron chi connectivity index (χ2n) is 5.86. The van der Waals surface area contributed by atoms with Gasteiger partial charge in [0, 0.05) is 29.2 Å². The maximum atomic E-state index is 12.8. The molecule has 25 heavy (non-hydrogen) atoms. The first-order valence-electron chi connectivity index (χ1n) is 8.11. The zero-order valence-electron chi connectivity index (χ0n) is 13.7. The summed E-state index contributed by atoms with van der Waals surface area (Å²) in [6.45, 7) is 2.12. The van der Waals surface area contributed by atoms with Crippen molar-refractivity contribution in [2.75, 3.05) is 0 Å². The van der Waals surface area contributed by atoms with Gasteiger partial charge in [0.2, 0.25) is 5.65 Å². The Labute approximate surface area is 150 Å². The summed E-state index contributed by atoms with van der Waals surface area (Å²) in [7, 11) is 0. The van der Waals surface area contributed by atoms with Gasteiger partial charge in [-0.15, -0.1) is 0 Å². The molecule has 0 atom stereocenters. The van der Waals surface area contributed by atoms with Crippen molar-refractivity contribution >= 4 is 17.2 Å². The van der Waals surface area contributed by atoms with Crippen molar-refractivity contribution < 1.29 is 0 Å². The van der Waals surface area contributed by atoms with Crippen molar-refractivity contribution in [1.29, 1.82) is 0 Å². The van der Waals surface area contributed by atoms with E-state index in [4.69, 9.17) is 11.6 Å². The van der Waals surface area contributed by atoms with Crippen LogP contribution in [0.1, 0.15) is 12.5 Å². The fourth-order valence-electron chi connectivity index (χ4n) is 2.86. The maximum Gasteiger partial charge on any atom is 0.298 e. The molecule has 0 aliphatic heterocycles. The van der Waals surface area contributed by atoms with E-state index in [0.717, 1.165) is 23.4 Å². The number of fused-ring (bicyclic) bond motifs is 1. The van der Waals surface area contributed by atoms with E-state index in [-0.39, 0.29) is 5.56 Å². The molecule has 0 spiro atoms. The molecule has 2 aromatic heterocycles. The van der Waals surface area contributed by atoms with Crippen molar-refractivity contribution in [3.05, 3.63) is 88.1 Å². The smallest absolute Gasteiger partial charge is 0.298 e. The predicted molar refractivity (Wildman–Crippen MR) is 101 cm³/mol. The van der Waals surface area contributed by atoms with Crippen LogP contribution in [-0.4, -0.2) is 14.0 Å². The van der Waals surface area contributed by atoms with E-state index in [9.17, 15) is 4.79 Å². The van der Waals surface area contributed by atoms with E-state index in [1.807, 2.05) is 36.7 Å². The van der Waals surface area contributed by atoms with Crippen LogP contribution >= 0.6 is 11.6 Å². The number of hydrogen-bond acceptors (Lipinski definition) is 2. The summed E-state index contributed by atoms with van der Waals surface area (Å²) in [4.78, 5) is 17.4. The highest BCUT2D eigenvalue weighted by Gasteiger charge is 2.10. The molecule has 0 N–H and O–H groups in total. The Morgan fingerprint density at radius 2 is 1.88 bits per heavy atom. The van der Waals surface area contributed by atoms with E-state index in [1.165, 1.54) is 5.56 Å². The molecule has 0 saturated carbocycles. The molecule has 4 rings (SSSR count). The third-order valence-electron chi connectivity index (χ3n) is 4.26. The minimum absolute atomic E-state index is 0.179. The topological polar surface area (TPSA) is 39.3 Å². The van der Waals surface area contributed by atoms with Gasteiger partial charge in [-0.1, -0.05) is 48.9 Å². The van der Waals surface area contributed by atoms with Gasteiger partial charge in [0.25, 0.3) is 5.56 Å². The van der Waals surface area contributed by atoms with Crippen molar-refractivity contribution in [3.8, 4) is 16.9 Å². The molecule has 0 bridgehead atoms. The molecule has 0 amide bonds. The Bertz CT molecular complexity index is 1110. The molecular formula is C20H16ClN3O. The molecule has 5 heteroatoms. The lowest BCUT2D eigenvalue weighted by Gasteiger charge is -2.05. The number of imidazole rings is 1. The quantitative estimate of drug-likeness (QED) is 0.551. The number of hydrogen-bond donors (Lipinski definition) is 0. The minimum atomic E-state index is -0.179. The summed E-state index contributed by atoms with van der Waals surface area (Å²) in [5.74, 6) is 0. The Hall–Kier alpha value is -2.85. The van der Waals surface area contributed by atoms with Crippen LogP contribution in [0, 0.1) is 0 Å². The van der Waals surface area contributed by atoms with Crippen LogP contribution in [0.5, 0.6) is 0 Å². The van der Waals surface area contributed by atoms with Gasteiger partial charge in [-0.3, -0.25) is 9.36 Å². The molecule has 2 heterocycles. The maximum absolute atomic E-state index is 12.8. The fourth-order valence-corrected chi connectivity index (χ4v) is 3.04. The van der Waals surface area contributed by atoms with Crippen LogP contribution in [0.15, 0.2) is 71.9 Å². The SMILES string of the molecule is CCc1ccc(-c2cn3ccn(-c4cccc(Cl)c4)c(=O)c3n2)cc1. The molecule has 0 aliphatic rings. The number of aryl methyl sites for hydroxylation is 1. The van der Waals surface area contributed by atoms with Crippen LogP contribution in [0.2, 0.25) is 5.02 Å². The molecular weight excluding hydrogens is 334 g/mol. The molecule has 4 nitrogen and oxygen atoms in total. The van der Waals surface area contributed by atoms with Gasteiger partial charge >= 0.3 is 0 Å². The number of benzene rings is 2.